The first-order valence-electron chi connectivity index (χ1n) is 9.84. The third-order valence-corrected chi connectivity index (χ3v) is 6.34. The molecule has 0 bridgehead atoms. The second kappa shape index (κ2) is 10.0. The van der Waals surface area contributed by atoms with Crippen LogP contribution in [0.15, 0.2) is 12.3 Å². The van der Waals surface area contributed by atoms with Gasteiger partial charge in [-0.1, -0.05) is 48.1 Å². The molecule has 8 heteroatoms. The van der Waals surface area contributed by atoms with Crippen LogP contribution in [0, 0.1) is 10.8 Å². The molecule has 1 aliphatic heterocycles. The fourth-order valence-electron chi connectivity index (χ4n) is 2.51. The Kier molecular flexibility index (Phi) is 8.92. The minimum Gasteiger partial charge on any atom is -0.497 e. The van der Waals surface area contributed by atoms with Gasteiger partial charge >= 0.3 is 7.60 Å². The van der Waals surface area contributed by atoms with E-state index in [0.29, 0.717) is 12.2 Å². The lowest BCUT2D eigenvalue weighted by molar-refractivity contribution is -0.138. The molecule has 0 spiro atoms. The number of amides is 1. The molecule has 1 saturated heterocycles. The number of rotatable bonds is 10. The number of carbonyl (C=O) groups excluding carboxylic acids is 2. The van der Waals surface area contributed by atoms with Crippen molar-refractivity contribution < 1.29 is 27.9 Å². The van der Waals surface area contributed by atoms with Crippen LogP contribution in [0.2, 0.25) is 0 Å². The van der Waals surface area contributed by atoms with E-state index in [-0.39, 0.29) is 49.4 Å². The zero-order valence-electron chi connectivity index (χ0n) is 18.1. The van der Waals surface area contributed by atoms with Gasteiger partial charge in [-0.2, -0.15) is 0 Å². The maximum Gasteiger partial charge on any atom is 0.334 e. The van der Waals surface area contributed by atoms with Crippen LogP contribution in [0.1, 0.15) is 60.8 Å². The summed E-state index contributed by atoms with van der Waals surface area (Å²) in [5.74, 6) is 0.317. The predicted octanol–water partition coefficient (Wildman–Crippen LogP) is 4.07. The highest BCUT2D eigenvalue weighted by molar-refractivity contribution is 7.54. The third-order valence-electron chi connectivity index (χ3n) is 4.56. The van der Waals surface area contributed by atoms with E-state index in [1.165, 1.54) is 0 Å². The van der Waals surface area contributed by atoms with Crippen LogP contribution in [0.25, 0.3) is 0 Å². The van der Waals surface area contributed by atoms with Crippen molar-refractivity contribution in [2.75, 3.05) is 25.9 Å². The van der Waals surface area contributed by atoms with E-state index in [1.807, 2.05) is 41.5 Å². The van der Waals surface area contributed by atoms with E-state index < -0.39 is 19.1 Å². The standard InChI is InChI=1S/C20H36NO6P/c1-8-9-16(22)10-11-21-18(23)17-20(6,7)14-26-28(24,27-17)13-12-25-15(2)19(3,4)5/h17H,2,8-14H2,1,3-7H3,(H,21,23)/t17-,28-/m0/s1. The fraction of sp³-hybridized carbons (Fsp3) is 0.800. The molecular weight excluding hydrogens is 381 g/mol. The maximum atomic E-state index is 12.9. The van der Waals surface area contributed by atoms with Gasteiger partial charge in [0.1, 0.15) is 5.78 Å². The van der Waals surface area contributed by atoms with Crippen molar-refractivity contribution in [2.45, 2.75) is 66.9 Å². The molecule has 0 aromatic carbocycles. The van der Waals surface area contributed by atoms with Crippen LogP contribution in [0.5, 0.6) is 0 Å². The van der Waals surface area contributed by atoms with Crippen LogP contribution in [-0.4, -0.2) is 43.7 Å². The lowest BCUT2D eigenvalue weighted by Gasteiger charge is -2.40. The molecule has 0 unspecified atom stereocenters. The summed E-state index contributed by atoms with van der Waals surface area (Å²) in [4.78, 5) is 24.2. The number of nitrogens with one attached hydrogen (secondary N) is 1. The first-order chi connectivity index (χ1) is 12.8. The zero-order chi connectivity index (χ0) is 21.6. The number of carbonyl (C=O) groups is 2. The van der Waals surface area contributed by atoms with Crippen molar-refractivity contribution in [1.29, 1.82) is 0 Å². The molecule has 2 atom stereocenters. The summed E-state index contributed by atoms with van der Waals surface area (Å²) in [6, 6.07) is 0. The Morgan fingerprint density at radius 2 is 1.93 bits per heavy atom. The van der Waals surface area contributed by atoms with E-state index in [1.54, 1.807) is 0 Å². The Morgan fingerprint density at radius 1 is 1.29 bits per heavy atom. The number of ketones is 1. The maximum absolute atomic E-state index is 12.9. The smallest absolute Gasteiger partial charge is 0.334 e. The number of ether oxygens (including phenoxy) is 1. The topological polar surface area (TPSA) is 90.9 Å². The van der Waals surface area contributed by atoms with Crippen molar-refractivity contribution in [3.8, 4) is 0 Å². The summed E-state index contributed by atoms with van der Waals surface area (Å²) >= 11 is 0. The van der Waals surface area contributed by atoms with Crippen molar-refractivity contribution in [3.05, 3.63) is 12.3 Å². The highest BCUT2D eigenvalue weighted by Crippen LogP contribution is 2.56. The first-order valence-corrected chi connectivity index (χ1v) is 11.6. The fourth-order valence-corrected chi connectivity index (χ4v) is 4.35. The largest absolute Gasteiger partial charge is 0.497 e. The summed E-state index contributed by atoms with van der Waals surface area (Å²) in [5.41, 5.74) is -0.857. The molecule has 0 aromatic heterocycles. The van der Waals surface area contributed by atoms with E-state index >= 15 is 0 Å². The van der Waals surface area contributed by atoms with E-state index in [2.05, 4.69) is 11.9 Å². The van der Waals surface area contributed by atoms with Crippen LogP contribution in [0.3, 0.4) is 0 Å². The SMILES string of the molecule is C=C(OCC[P@]1(=O)OCC(C)(C)[C@H](C(=O)NCCC(=O)CCC)O1)C(C)(C)C. The normalized spacial score (nSPS) is 24.4. The molecule has 7 nitrogen and oxygen atoms in total. The lowest BCUT2D eigenvalue weighted by Crippen LogP contribution is -2.50. The van der Waals surface area contributed by atoms with Crippen molar-refractivity contribution in [1.82, 2.24) is 5.32 Å². The number of hydrogen-bond acceptors (Lipinski definition) is 6. The molecule has 1 amide bonds. The molecule has 1 heterocycles. The van der Waals surface area contributed by atoms with Gasteiger partial charge in [0.15, 0.2) is 6.10 Å². The summed E-state index contributed by atoms with van der Waals surface area (Å²) in [6.45, 7) is 15.9. The molecule has 28 heavy (non-hydrogen) atoms. The summed E-state index contributed by atoms with van der Waals surface area (Å²) in [7, 11) is -3.47. The predicted molar refractivity (Wildman–Crippen MR) is 109 cm³/mol. The molecular formula is C20H36NO6P. The number of Topliss-reactive ketones (excluding diaryl/α,β-unsaturated/α-hetero) is 1. The van der Waals surface area contributed by atoms with Crippen LogP contribution in [-0.2, 0) is 27.9 Å². The van der Waals surface area contributed by atoms with Crippen LogP contribution >= 0.6 is 7.60 Å². The number of hydrogen-bond donors (Lipinski definition) is 1. The highest BCUT2D eigenvalue weighted by Gasteiger charge is 2.47. The molecule has 1 rings (SSSR count). The molecule has 0 saturated carbocycles. The lowest BCUT2D eigenvalue weighted by atomic mass is 9.87. The molecule has 1 N–H and O–H groups in total. The zero-order valence-corrected chi connectivity index (χ0v) is 19.0. The average Bonchev–Trinajstić information content (AvgIpc) is 2.56. The van der Waals surface area contributed by atoms with Gasteiger partial charge in [0.2, 0.25) is 5.91 Å². The quantitative estimate of drug-likeness (QED) is 0.426. The van der Waals surface area contributed by atoms with Gasteiger partial charge in [-0.25, -0.2) is 0 Å². The van der Waals surface area contributed by atoms with Crippen molar-refractivity contribution in [2.24, 2.45) is 10.8 Å². The Balaban J connectivity index is 2.62. The summed E-state index contributed by atoms with van der Waals surface area (Å²) in [6.07, 6.45) is 0.694. The summed E-state index contributed by atoms with van der Waals surface area (Å²) in [5, 5.41) is 2.72. The molecule has 0 radical (unpaired) electrons. The van der Waals surface area contributed by atoms with Gasteiger partial charge in [0, 0.05) is 30.2 Å². The van der Waals surface area contributed by atoms with E-state index in [0.717, 1.165) is 6.42 Å². The van der Waals surface area contributed by atoms with Gasteiger partial charge in [-0.15, -0.1) is 0 Å². The van der Waals surface area contributed by atoms with E-state index in [4.69, 9.17) is 13.8 Å². The Bertz CT molecular complexity index is 623. The van der Waals surface area contributed by atoms with Gasteiger partial charge in [0.25, 0.3) is 0 Å². The molecule has 0 aliphatic carbocycles. The van der Waals surface area contributed by atoms with Gasteiger partial charge in [-0.05, 0) is 6.42 Å². The Labute approximate surface area is 169 Å². The van der Waals surface area contributed by atoms with Crippen molar-refractivity contribution in [3.63, 3.8) is 0 Å². The minimum atomic E-state index is -3.47. The van der Waals surface area contributed by atoms with Gasteiger partial charge in [0.05, 0.1) is 25.1 Å². The molecule has 1 fully saturated rings. The Hall–Kier alpha value is -1.17. The summed E-state index contributed by atoms with van der Waals surface area (Å²) < 4.78 is 29.7. The molecule has 0 aromatic rings. The number of allylic oxidation sites excluding steroid dienone is 1. The molecule has 1 aliphatic rings. The first kappa shape index (κ1) is 24.9. The van der Waals surface area contributed by atoms with Crippen molar-refractivity contribution >= 4 is 19.3 Å². The highest BCUT2D eigenvalue weighted by atomic mass is 31.2. The average molecular weight is 417 g/mol. The Morgan fingerprint density at radius 3 is 2.50 bits per heavy atom. The van der Waals surface area contributed by atoms with Gasteiger partial charge in [-0.3, -0.25) is 18.7 Å². The monoisotopic (exact) mass is 417 g/mol. The third kappa shape index (κ3) is 7.69. The van der Waals surface area contributed by atoms with E-state index in [9.17, 15) is 14.2 Å². The van der Waals surface area contributed by atoms with Crippen LogP contribution in [0.4, 0.5) is 0 Å². The second-order valence-corrected chi connectivity index (χ2v) is 11.1. The van der Waals surface area contributed by atoms with Gasteiger partial charge < -0.3 is 14.6 Å². The molecule has 162 valence electrons. The van der Waals surface area contributed by atoms with Crippen LogP contribution < -0.4 is 5.32 Å². The minimum absolute atomic E-state index is 0.0386. The second-order valence-electron chi connectivity index (χ2n) is 8.93.